The second-order valence-electron chi connectivity index (χ2n) is 6.14. The summed E-state index contributed by atoms with van der Waals surface area (Å²) in [7, 11) is 1.71. The van der Waals surface area contributed by atoms with E-state index in [0.717, 1.165) is 31.4 Å². The molecule has 22 heavy (non-hydrogen) atoms. The summed E-state index contributed by atoms with van der Waals surface area (Å²) in [6.07, 6.45) is 6.04. The first-order valence-corrected chi connectivity index (χ1v) is 8.16. The van der Waals surface area contributed by atoms with E-state index in [9.17, 15) is 4.79 Å². The van der Waals surface area contributed by atoms with Gasteiger partial charge in [0.15, 0.2) is 0 Å². The number of benzene rings is 1. The zero-order chi connectivity index (χ0) is 16.1. The van der Waals surface area contributed by atoms with Crippen LogP contribution in [0.15, 0.2) is 30.9 Å². The molecule has 1 aliphatic carbocycles. The average Bonchev–Trinajstić information content (AvgIpc) is 2.49. The van der Waals surface area contributed by atoms with Crippen molar-refractivity contribution in [2.45, 2.75) is 51.5 Å². The summed E-state index contributed by atoms with van der Waals surface area (Å²) in [4.78, 5) is 11.7. The highest BCUT2D eigenvalue weighted by atomic mass is 16.5. The highest BCUT2D eigenvalue weighted by molar-refractivity contribution is 5.73. The first kappa shape index (κ1) is 16.6. The number of hydrogen-bond acceptors (Lipinski definition) is 2. The molecule has 0 heterocycles. The monoisotopic (exact) mass is 301 g/mol. The van der Waals surface area contributed by atoms with Gasteiger partial charge in [0.1, 0.15) is 5.75 Å². The van der Waals surface area contributed by atoms with Gasteiger partial charge in [0, 0.05) is 24.4 Å². The van der Waals surface area contributed by atoms with E-state index in [-0.39, 0.29) is 17.9 Å². The minimum Gasteiger partial charge on any atom is -0.496 e. The predicted molar refractivity (Wildman–Crippen MR) is 90.3 cm³/mol. The molecule has 0 fully saturated rings. The van der Waals surface area contributed by atoms with Crippen LogP contribution in [-0.2, 0) is 11.2 Å². The summed E-state index contributed by atoms with van der Waals surface area (Å²) < 4.78 is 5.59. The fourth-order valence-corrected chi connectivity index (χ4v) is 3.83. The van der Waals surface area contributed by atoms with Gasteiger partial charge in [0.25, 0.3) is 0 Å². The van der Waals surface area contributed by atoms with Crippen LogP contribution in [0.2, 0.25) is 0 Å². The van der Waals surface area contributed by atoms with Crippen LogP contribution in [-0.4, -0.2) is 19.1 Å². The molecule has 3 atom stereocenters. The summed E-state index contributed by atoms with van der Waals surface area (Å²) in [5, 5.41) is 3.20. The van der Waals surface area contributed by atoms with E-state index in [4.69, 9.17) is 4.74 Å². The Morgan fingerprint density at radius 3 is 2.86 bits per heavy atom. The van der Waals surface area contributed by atoms with E-state index in [1.807, 2.05) is 12.1 Å². The summed E-state index contributed by atoms with van der Waals surface area (Å²) in [5.41, 5.74) is 2.60. The third-order valence-corrected chi connectivity index (χ3v) is 4.62. The number of methoxy groups -OCH3 is 1. The maximum absolute atomic E-state index is 11.7. The number of carbonyl (C=O) groups excluding carboxylic acids is 1. The van der Waals surface area contributed by atoms with Gasteiger partial charge in [0.2, 0.25) is 5.91 Å². The van der Waals surface area contributed by atoms with Gasteiger partial charge in [-0.1, -0.05) is 31.6 Å². The molecule has 0 spiro atoms. The maximum atomic E-state index is 11.7. The molecular formula is C19H27NO2. The van der Waals surface area contributed by atoms with Crippen LogP contribution in [0.25, 0.3) is 0 Å². The molecule has 0 aromatic heterocycles. The number of rotatable bonds is 6. The molecule has 0 aliphatic heterocycles. The molecule has 1 unspecified atom stereocenters. The molecule has 1 aromatic rings. The van der Waals surface area contributed by atoms with E-state index in [1.165, 1.54) is 11.1 Å². The number of ether oxygens (including phenoxy) is 1. The highest BCUT2D eigenvalue weighted by Crippen LogP contribution is 2.43. The Morgan fingerprint density at radius 1 is 1.50 bits per heavy atom. The number of carbonyl (C=O) groups is 1. The zero-order valence-electron chi connectivity index (χ0n) is 13.9. The van der Waals surface area contributed by atoms with Crippen LogP contribution in [0.5, 0.6) is 5.75 Å². The average molecular weight is 301 g/mol. The zero-order valence-corrected chi connectivity index (χ0v) is 13.9. The summed E-state index contributed by atoms with van der Waals surface area (Å²) in [6.45, 7) is 7.72. The molecule has 2 rings (SSSR count). The van der Waals surface area contributed by atoms with Crippen LogP contribution in [0.3, 0.4) is 0 Å². The van der Waals surface area contributed by atoms with Gasteiger partial charge in [-0.25, -0.2) is 0 Å². The summed E-state index contributed by atoms with van der Waals surface area (Å²) in [5.74, 6) is 1.67. The quantitative estimate of drug-likeness (QED) is 0.811. The van der Waals surface area contributed by atoms with Crippen LogP contribution in [0.4, 0.5) is 0 Å². The number of amides is 1. The largest absolute Gasteiger partial charge is 0.496 e. The van der Waals surface area contributed by atoms with Gasteiger partial charge in [-0.2, -0.15) is 0 Å². The van der Waals surface area contributed by atoms with Gasteiger partial charge in [-0.15, -0.1) is 6.58 Å². The minimum absolute atomic E-state index is 0.0403. The smallest absolute Gasteiger partial charge is 0.217 e. The molecule has 0 radical (unpaired) electrons. The third kappa shape index (κ3) is 3.34. The van der Waals surface area contributed by atoms with Gasteiger partial charge >= 0.3 is 0 Å². The lowest BCUT2D eigenvalue weighted by Gasteiger charge is -2.40. The number of nitrogens with one attached hydrogen (secondary N) is 1. The van der Waals surface area contributed by atoms with Crippen molar-refractivity contribution in [3.05, 3.63) is 42.0 Å². The second kappa shape index (κ2) is 7.48. The van der Waals surface area contributed by atoms with E-state index >= 15 is 0 Å². The van der Waals surface area contributed by atoms with Crippen molar-refractivity contribution in [3.63, 3.8) is 0 Å². The van der Waals surface area contributed by atoms with E-state index in [2.05, 4.69) is 31.0 Å². The Morgan fingerprint density at radius 2 is 2.27 bits per heavy atom. The molecule has 3 heteroatoms. The van der Waals surface area contributed by atoms with Crippen molar-refractivity contribution in [2.75, 3.05) is 7.11 Å². The lowest BCUT2D eigenvalue weighted by Crippen LogP contribution is -2.47. The topological polar surface area (TPSA) is 38.3 Å². The van der Waals surface area contributed by atoms with Crippen LogP contribution in [0, 0.1) is 5.92 Å². The first-order valence-electron chi connectivity index (χ1n) is 8.16. The minimum atomic E-state index is 0.0403. The molecule has 1 amide bonds. The fourth-order valence-electron chi connectivity index (χ4n) is 3.83. The van der Waals surface area contributed by atoms with Crippen molar-refractivity contribution in [1.82, 2.24) is 5.32 Å². The normalized spacial score (nSPS) is 23.5. The fraction of sp³-hybridized carbons (Fsp3) is 0.526. The molecule has 120 valence electrons. The Hall–Kier alpha value is -1.77. The van der Waals surface area contributed by atoms with Crippen molar-refractivity contribution < 1.29 is 9.53 Å². The van der Waals surface area contributed by atoms with Crippen molar-refractivity contribution in [3.8, 4) is 5.75 Å². The lowest BCUT2D eigenvalue weighted by atomic mass is 9.70. The number of allylic oxidation sites excluding steroid dienone is 1. The van der Waals surface area contributed by atoms with Crippen molar-refractivity contribution >= 4 is 5.91 Å². The third-order valence-electron chi connectivity index (χ3n) is 4.62. The number of hydrogen-bond donors (Lipinski definition) is 1. The molecular weight excluding hydrogens is 274 g/mol. The Balaban J connectivity index is 2.49. The first-order chi connectivity index (χ1) is 10.6. The van der Waals surface area contributed by atoms with Gasteiger partial charge in [-0.3, -0.25) is 4.79 Å². The lowest BCUT2D eigenvalue weighted by molar-refractivity contribution is -0.120. The number of fused-ring (bicyclic) bond motifs is 1. The molecule has 1 N–H and O–H groups in total. The second-order valence-corrected chi connectivity index (χ2v) is 6.14. The van der Waals surface area contributed by atoms with Crippen LogP contribution < -0.4 is 10.1 Å². The highest BCUT2D eigenvalue weighted by Gasteiger charge is 2.37. The predicted octanol–water partition coefficient (Wildman–Crippen LogP) is 3.83. The molecule has 0 saturated heterocycles. The standard InChI is InChI=1S/C19H27NO2/c1-5-8-15-12-14-10-7-11-17(22-4)18(14)16(9-6-2)19(15)20-13(3)21/h6-7,10-11,15-16,19H,2,5,8-9,12H2,1,3-4H3,(H,20,21)/t15-,16+,19?/m0/s1. The molecule has 3 nitrogen and oxygen atoms in total. The van der Waals surface area contributed by atoms with Gasteiger partial charge < -0.3 is 10.1 Å². The van der Waals surface area contributed by atoms with Gasteiger partial charge in [0.05, 0.1) is 7.11 Å². The van der Waals surface area contributed by atoms with E-state index in [0.29, 0.717) is 5.92 Å². The Kier molecular flexibility index (Phi) is 5.64. The summed E-state index contributed by atoms with van der Waals surface area (Å²) in [6, 6.07) is 6.42. The van der Waals surface area contributed by atoms with E-state index < -0.39 is 0 Å². The van der Waals surface area contributed by atoms with Gasteiger partial charge in [-0.05, 0) is 36.8 Å². The molecule has 1 aliphatic rings. The van der Waals surface area contributed by atoms with Crippen molar-refractivity contribution in [1.29, 1.82) is 0 Å². The van der Waals surface area contributed by atoms with Crippen LogP contribution >= 0.6 is 0 Å². The Bertz CT molecular complexity index is 538. The van der Waals surface area contributed by atoms with Crippen LogP contribution in [0.1, 0.15) is 50.2 Å². The Labute approximate surface area is 133 Å². The molecule has 0 bridgehead atoms. The SMILES string of the molecule is C=CC[C@@H]1c2c(cccc2OC)C[C@H](CCC)C1NC(C)=O. The maximum Gasteiger partial charge on any atom is 0.217 e. The summed E-state index contributed by atoms with van der Waals surface area (Å²) >= 11 is 0. The van der Waals surface area contributed by atoms with E-state index in [1.54, 1.807) is 14.0 Å². The van der Waals surface area contributed by atoms with Crippen molar-refractivity contribution in [2.24, 2.45) is 5.92 Å². The molecule has 1 aromatic carbocycles. The molecule has 0 saturated carbocycles.